The maximum Gasteiger partial charge on any atom is 0.416 e. The molecule has 2 nitrogen and oxygen atoms in total. The molecule has 4 rings (SSSR count). The summed E-state index contributed by atoms with van der Waals surface area (Å²) in [5, 5.41) is 0. The van der Waals surface area contributed by atoms with Crippen LogP contribution in [-0.4, -0.2) is 48.6 Å². The van der Waals surface area contributed by atoms with Crippen molar-refractivity contribution in [2.24, 2.45) is 5.92 Å². The van der Waals surface area contributed by atoms with Gasteiger partial charge in [0.2, 0.25) is 0 Å². The summed E-state index contributed by atoms with van der Waals surface area (Å²) in [6, 6.07) is 16.1. The molecule has 2 aliphatic heterocycles. The van der Waals surface area contributed by atoms with Crippen LogP contribution in [0.2, 0.25) is 0 Å². The Morgan fingerprint density at radius 2 is 1.39 bits per heavy atom. The molecule has 0 aliphatic carbocycles. The average molecular weight is 431 g/mol. The van der Waals surface area contributed by atoms with Gasteiger partial charge in [0.1, 0.15) is 0 Å². The summed E-state index contributed by atoms with van der Waals surface area (Å²) in [6.45, 7) is 6.83. The van der Waals surface area contributed by atoms with Crippen LogP contribution in [0, 0.1) is 5.92 Å². The first kappa shape index (κ1) is 22.3. The van der Waals surface area contributed by atoms with Crippen molar-refractivity contribution >= 4 is 0 Å². The van der Waals surface area contributed by atoms with Gasteiger partial charge in [-0.15, -0.1) is 0 Å². The van der Waals surface area contributed by atoms with Crippen molar-refractivity contribution in [3.05, 3.63) is 71.3 Å². The van der Waals surface area contributed by atoms with Gasteiger partial charge in [0, 0.05) is 11.5 Å². The van der Waals surface area contributed by atoms with E-state index in [0.29, 0.717) is 5.92 Å². The van der Waals surface area contributed by atoms with Crippen molar-refractivity contribution in [2.45, 2.75) is 50.2 Å². The number of piperidine rings is 2. The molecule has 0 N–H and O–H groups in total. The fourth-order valence-electron chi connectivity index (χ4n) is 5.47. The number of likely N-dealkylation sites (tertiary alicyclic amines) is 2. The van der Waals surface area contributed by atoms with Gasteiger partial charge >= 0.3 is 6.18 Å². The van der Waals surface area contributed by atoms with Crippen molar-refractivity contribution in [3.8, 4) is 0 Å². The molecule has 1 unspecified atom stereocenters. The molecule has 168 valence electrons. The average Bonchev–Trinajstić information content (AvgIpc) is 2.77. The Bertz CT molecular complexity index is 831. The highest BCUT2D eigenvalue weighted by Gasteiger charge is 2.38. The topological polar surface area (TPSA) is 6.48 Å². The van der Waals surface area contributed by atoms with Gasteiger partial charge in [0.05, 0.1) is 5.56 Å². The van der Waals surface area contributed by atoms with E-state index < -0.39 is 11.7 Å². The minimum Gasteiger partial charge on any atom is -0.306 e. The summed E-state index contributed by atoms with van der Waals surface area (Å²) in [7, 11) is 2.19. The van der Waals surface area contributed by atoms with Crippen molar-refractivity contribution in [2.75, 3.05) is 33.2 Å². The lowest BCUT2D eigenvalue weighted by atomic mass is 9.75. The van der Waals surface area contributed by atoms with Crippen LogP contribution in [0.15, 0.2) is 54.6 Å². The molecular formula is C26H33F3N2. The van der Waals surface area contributed by atoms with Crippen LogP contribution in [-0.2, 0) is 6.18 Å². The number of halogens is 3. The smallest absolute Gasteiger partial charge is 0.306 e. The maximum atomic E-state index is 13.1. The first-order valence-electron chi connectivity index (χ1n) is 11.4. The van der Waals surface area contributed by atoms with Gasteiger partial charge in [-0.1, -0.05) is 42.5 Å². The van der Waals surface area contributed by atoms with Crippen molar-refractivity contribution in [3.63, 3.8) is 0 Å². The highest BCUT2D eigenvalue weighted by atomic mass is 19.4. The molecule has 2 heterocycles. The minimum absolute atomic E-state index is 0.135. The van der Waals surface area contributed by atoms with Gasteiger partial charge < -0.3 is 4.90 Å². The minimum atomic E-state index is -4.30. The van der Waals surface area contributed by atoms with Gasteiger partial charge in [-0.3, -0.25) is 4.90 Å². The van der Waals surface area contributed by atoms with E-state index in [-0.39, 0.29) is 11.5 Å². The zero-order chi connectivity index (χ0) is 22.1. The number of hydrogen-bond donors (Lipinski definition) is 0. The van der Waals surface area contributed by atoms with E-state index in [2.05, 4.69) is 35.9 Å². The molecule has 2 aliphatic rings. The second kappa shape index (κ2) is 8.95. The Morgan fingerprint density at radius 3 is 1.94 bits per heavy atom. The summed E-state index contributed by atoms with van der Waals surface area (Å²) < 4.78 is 39.2. The summed E-state index contributed by atoms with van der Waals surface area (Å²) in [6.07, 6.45) is 0.262. The highest BCUT2D eigenvalue weighted by molar-refractivity contribution is 5.36. The van der Waals surface area contributed by atoms with E-state index in [9.17, 15) is 13.2 Å². The third-order valence-corrected chi connectivity index (χ3v) is 7.59. The van der Waals surface area contributed by atoms with Crippen LogP contribution in [0.4, 0.5) is 13.2 Å². The lowest BCUT2D eigenvalue weighted by molar-refractivity contribution is -0.137. The third kappa shape index (κ3) is 4.98. The largest absolute Gasteiger partial charge is 0.416 e. The van der Waals surface area contributed by atoms with Crippen molar-refractivity contribution in [1.29, 1.82) is 0 Å². The molecule has 2 aromatic rings. The number of benzene rings is 2. The summed E-state index contributed by atoms with van der Waals surface area (Å²) in [5.41, 5.74) is 1.89. The molecule has 31 heavy (non-hydrogen) atoms. The Kier molecular flexibility index (Phi) is 6.45. The van der Waals surface area contributed by atoms with Gasteiger partial charge in [-0.2, -0.15) is 13.2 Å². The van der Waals surface area contributed by atoms with Crippen LogP contribution in [0.1, 0.15) is 55.2 Å². The van der Waals surface area contributed by atoms with E-state index >= 15 is 0 Å². The third-order valence-electron chi connectivity index (χ3n) is 7.59. The number of alkyl halides is 3. The Hall–Kier alpha value is -1.85. The quantitative estimate of drug-likeness (QED) is 0.584. The van der Waals surface area contributed by atoms with Crippen molar-refractivity contribution in [1.82, 2.24) is 9.80 Å². The van der Waals surface area contributed by atoms with Crippen molar-refractivity contribution < 1.29 is 13.2 Å². The van der Waals surface area contributed by atoms with Gasteiger partial charge in [0.15, 0.2) is 0 Å². The normalized spacial score (nSPS) is 22.4. The first-order chi connectivity index (χ1) is 14.8. The maximum absolute atomic E-state index is 13.1. The second-order valence-electron chi connectivity index (χ2n) is 9.63. The molecule has 2 aromatic carbocycles. The van der Waals surface area contributed by atoms with Crippen LogP contribution >= 0.6 is 0 Å². The van der Waals surface area contributed by atoms with Gasteiger partial charge in [-0.25, -0.2) is 0 Å². The van der Waals surface area contributed by atoms with E-state index in [4.69, 9.17) is 0 Å². The first-order valence-corrected chi connectivity index (χ1v) is 11.4. The zero-order valence-corrected chi connectivity index (χ0v) is 18.5. The van der Waals surface area contributed by atoms with E-state index in [1.54, 1.807) is 12.1 Å². The molecule has 0 bridgehead atoms. The summed E-state index contributed by atoms with van der Waals surface area (Å²) in [4.78, 5) is 5.08. The Morgan fingerprint density at radius 1 is 0.839 bits per heavy atom. The van der Waals surface area contributed by atoms with Crippen LogP contribution in [0.5, 0.6) is 0 Å². The Balaban J connectivity index is 1.52. The van der Waals surface area contributed by atoms with E-state index in [1.165, 1.54) is 30.5 Å². The molecule has 5 heteroatoms. The molecule has 0 spiro atoms. The lowest BCUT2D eigenvalue weighted by Gasteiger charge is -2.49. The van der Waals surface area contributed by atoms with E-state index in [1.807, 2.05) is 18.2 Å². The predicted molar refractivity (Wildman–Crippen MR) is 119 cm³/mol. The number of nitrogens with zero attached hydrogens (tertiary/aromatic N) is 2. The predicted octanol–water partition coefficient (Wildman–Crippen LogP) is 6.03. The molecule has 1 atom stereocenters. The van der Waals surface area contributed by atoms with Crippen LogP contribution in [0.25, 0.3) is 0 Å². The monoisotopic (exact) mass is 430 g/mol. The summed E-state index contributed by atoms with van der Waals surface area (Å²) in [5.74, 6) is 0.571. The second-order valence-corrected chi connectivity index (χ2v) is 9.63. The molecule has 0 saturated carbocycles. The SMILES string of the molecule is CN1CCC(C)(N2CCC(C(c3ccccc3)c3ccc(C(F)(F)F)cc3)CC2)CC1. The number of rotatable bonds is 4. The molecule has 0 radical (unpaired) electrons. The van der Waals surface area contributed by atoms with Gasteiger partial charge in [0.25, 0.3) is 0 Å². The van der Waals surface area contributed by atoms with Crippen LogP contribution < -0.4 is 0 Å². The molecule has 0 aromatic heterocycles. The summed E-state index contributed by atoms with van der Waals surface area (Å²) >= 11 is 0. The zero-order valence-electron chi connectivity index (χ0n) is 18.5. The Labute approximate surface area is 184 Å². The standard InChI is InChI=1S/C26H33F3N2/c1-25(14-18-30(2)19-15-25)31-16-12-22(13-17-31)24(20-6-4-3-5-7-20)21-8-10-23(11-9-21)26(27,28)29/h3-11,22,24H,12-19H2,1-2H3. The van der Waals surface area contributed by atoms with Crippen LogP contribution in [0.3, 0.4) is 0 Å². The van der Waals surface area contributed by atoms with E-state index in [0.717, 1.165) is 44.6 Å². The number of hydrogen-bond acceptors (Lipinski definition) is 2. The fourth-order valence-corrected chi connectivity index (χ4v) is 5.47. The highest BCUT2D eigenvalue weighted by Crippen LogP contribution is 2.41. The molecule has 2 saturated heterocycles. The fraction of sp³-hybridized carbons (Fsp3) is 0.538. The molecule has 0 amide bonds. The lowest BCUT2D eigenvalue weighted by Crippen LogP contribution is -2.55. The van der Waals surface area contributed by atoms with Gasteiger partial charge in [-0.05, 0) is 95.0 Å². The molecule has 2 fully saturated rings. The molecular weight excluding hydrogens is 397 g/mol.